The molecule has 5 heavy (non-hydrogen) atoms. The van der Waals surface area contributed by atoms with Gasteiger partial charge in [-0.1, -0.05) is 12.6 Å². The van der Waals surface area contributed by atoms with Gasteiger partial charge in [-0.05, 0) is 0 Å². The summed E-state index contributed by atoms with van der Waals surface area (Å²) in [5.74, 6) is 0. The van der Waals surface area contributed by atoms with Crippen LogP contribution in [0, 0.1) is 0 Å². The summed E-state index contributed by atoms with van der Waals surface area (Å²) in [6.45, 7) is 0. The molecule has 1 amide bonds. The number of hydrogen-bond acceptors (Lipinski definition) is 1. The Morgan fingerprint density at radius 2 is 1.80 bits per heavy atom. The van der Waals surface area contributed by atoms with E-state index in [4.69, 9.17) is 4.79 Å². The van der Waals surface area contributed by atoms with E-state index in [-0.39, 0.29) is 51.4 Å². The summed E-state index contributed by atoms with van der Waals surface area (Å²) in [5.41, 5.74) is 4.34. The second kappa shape index (κ2) is 5.46. The molecule has 0 spiro atoms. The molecule has 0 rings (SSSR count). The zero-order chi connectivity index (χ0) is 3.58. The third kappa shape index (κ3) is 30.7. The van der Waals surface area contributed by atoms with Crippen LogP contribution in [0.4, 0.5) is 4.79 Å². The molecule has 0 aromatic carbocycles. The molecule has 0 heterocycles. The predicted molar refractivity (Wildman–Crippen MR) is 24.3 cm³/mol. The molecule has 0 aliphatic heterocycles. The third-order valence-corrected chi connectivity index (χ3v) is 0. The molecule has 1 radical (unpaired) electrons. The molecule has 0 atom stereocenters. The molecule has 0 saturated carbocycles. The second-order valence-electron chi connectivity index (χ2n) is 0.338. The summed E-state index contributed by atoms with van der Waals surface area (Å²) >= 11 is 3.10. The Balaban J connectivity index is 0. The van der Waals surface area contributed by atoms with Crippen molar-refractivity contribution in [2.24, 2.45) is 5.73 Å². The van der Waals surface area contributed by atoms with Crippen molar-refractivity contribution in [1.29, 1.82) is 0 Å². The van der Waals surface area contributed by atoms with Crippen LogP contribution in [0.15, 0.2) is 0 Å². The molecule has 4 heteroatoms. The van der Waals surface area contributed by atoms with Gasteiger partial charge in [-0.2, -0.15) is 0 Å². The molecule has 2 nitrogen and oxygen atoms in total. The number of hydrogen-bond donors (Lipinski definition) is 2. The van der Waals surface area contributed by atoms with Crippen molar-refractivity contribution < 1.29 is 4.79 Å². The van der Waals surface area contributed by atoms with Crippen molar-refractivity contribution in [3.05, 3.63) is 0 Å². The molecule has 0 aromatic rings. The van der Waals surface area contributed by atoms with E-state index in [1.54, 1.807) is 0 Å². The normalized spacial score (nSPS) is 5.00. The van der Waals surface area contributed by atoms with Crippen LogP contribution < -0.4 is 5.73 Å². The van der Waals surface area contributed by atoms with E-state index in [9.17, 15) is 0 Å². The van der Waals surface area contributed by atoms with Crippen molar-refractivity contribution in [1.82, 2.24) is 0 Å². The summed E-state index contributed by atoms with van der Waals surface area (Å²) in [6.07, 6.45) is 0. The van der Waals surface area contributed by atoms with Gasteiger partial charge in [0.15, 0.2) is 0 Å². The van der Waals surface area contributed by atoms with Crippen molar-refractivity contribution >= 4 is 69.3 Å². The number of amides is 1. The Bertz CT molecular complexity index is 34.6. The van der Waals surface area contributed by atoms with Gasteiger partial charge in [-0.25, -0.2) is 0 Å². The van der Waals surface area contributed by atoms with E-state index in [1.165, 1.54) is 0 Å². The standard InChI is InChI=1S/CH3NOS.K/c2-1(3)4;/h(H3,2,3,4);. The first-order valence-corrected chi connectivity index (χ1v) is 1.16. The number of rotatable bonds is 0. The number of thiol groups is 1. The Hall–Kier alpha value is 1.46. The van der Waals surface area contributed by atoms with E-state index < -0.39 is 5.24 Å². The smallest absolute Gasteiger partial charge is 0.273 e. The van der Waals surface area contributed by atoms with Gasteiger partial charge in [0.25, 0.3) is 5.24 Å². The van der Waals surface area contributed by atoms with Gasteiger partial charge in [-0.15, -0.1) is 0 Å². The molecular formula is CH3KNOS. The molecule has 0 aliphatic rings. The van der Waals surface area contributed by atoms with E-state index in [0.717, 1.165) is 0 Å². The maximum Gasteiger partial charge on any atom is 0.273 e. The van der Waals surface area contributed by atoms with Gasteiger partial charge in [0.2, 0.25) is 0 Å². The van der Waals surface area contributed by atoms with Crippen molar-refractivity contribution in [2.45, 2.75) is 0 Å². The molecule has 0 saturated heterocycles. The predicted octanol–water partition coefficient (Wildman–Crippen LogP) is -0.386. The fourth-order valence-electron chi connectivity index (χ4n) is 0. The average molecular weight is 116 g/mol. The minimum atomic E-state index is -0.639. The van der Waals surface area contributed by atoms with Crippen LogP contribution in [0.1, 0.15) is 0 Å². The topological polar surface area (TPSA) is 43.1 Å². The Morgan fingerprint density at radius 1 is 1.80 bits per heavy atom. The minimum absolute atomic E-state index is 0. The van der Waals surface area contributed by atoms with E-state index in [2.05, 4.69) is 18.4 Å². The van der Waals surface area contributed by atoms with Crippen LogP contribution in [0.5, 0.6) is 0 Å². The van der Waals surface area contributed by atoms with Crippen LogP contribution in [-0.4, -0.2) is 56.6 Å². The first kappa shape index (κ1) is 9.68. The maximum atomic E-state index is 9.09. The molecule has 0 aromatic heterocycles. The summed E-state index contributed by atoms with van der Waals surface area (Å²) < 4.78 is 0. The van der Waals surface area contributed by atoms with Gasteiger partial charge in [-0.3, -0.25) is 4.79 Å². The quantitative estimate of drug-likeness (QED) is 0.328. The molecular weight excluding hydrogens is 113 g/mol. The molecule has 25 valence electrons. The van der Waals surface area contributed by atoms with Crippen LogP contribution in [0.25, 0.3) is 0 Å². The van der Waals surface area contributed by atoms with Gasteiger partial charge < -0.3 is 5.73 Å². The fourth-order valence-corrected chi connectivity index (χ4v) is 0. The van der Waals surface area contributed by atoms with Crippen molar-refractivity contribution in [3.63, 3.8) is 0 Å². The van der Waals surface area contributed by atoms with Crippen molar-refractivity contribution in [2.75, 3.05) is 0 Å². The van der Waals surface area contributed by atoms with Crippen molar-refractivity contribution in [3.8, 4) is 0 Å². The third-order valence-electron chi connectivity index (χ3n) is 0. The van der Waals surface area contributed by atoms with E-state index in [0.29, 0.717) is 0 Å². The summed E-state index contributed by atoms with van der Waals surface area (Å²) in [4.78, 5) is 9.09. The van der Waals surface area contributed by atoms with Crippen LogP contribution in [0.2, 0.25) is 0 Å². The first-order valence-electron chi connectivity index (χ1n) is 0.716. The Kier molecular flexibility index (Phi) is 10.6. The van der Waals surface area contributed by atoms with Crippen LogP contribution in [-0.2, 0) is 0 Å². The number of nitrogens with two attached hydrogens (primary N) is 1. The van der Waals surface area contributed by atoms with Gasteiger partial charge in [0.05, 0.1) is 0 Å². The van der Waals surface area contributed by atoms with E-state index in [1.807, 2.05) is 0 Å². The van der Waals surface area contributed by atoms with Gasteiger partial charge in [0, 0.05) is 51.4 Å². The molecule has 0 fully saturated rings. The number of primary amides is 1. The van der Waals surface area contributed by atoms with Gasteiger partial charge in [0.1, 0.15) is 0 Å². The first-order chi connectivity index (χ1) is 1.73. The molecule has 0 unspecified atom stereocenters. The minimum Gasteiger partial charge on any atom is -0.361 e. The zero-order valence-corrected chi connectivity index (χ0v) is 6.95. The number of carbonyl (C=O) groups is 1. The van der Waals surface area contributed by atoms with Crippen LogP contribution >= 0.6 is 12.6 Å². The maximum absolute atomic E-state index is 9.09. The van der Waals surface area contributed by atoms with E-state index >= 15 is 0 Å². The number of carbonyl (C=O) groups excluding carboxylic acids is 1. The summed E-state index contributed by atoms with van der Waals surface area (Å²) in [7, 11) is 0. The second-order valence-corrected chi connectivity index (χ2v) is 0.779. The Morgan fingerprint density at radius 3 is 1.80 bits per heavy atom. The van der Waals surface area contributed by atoms with Gasteiger partial charge >= 0.3 is 0 Å². The largest absolute Gasteiger partial charge is 0.361 e. The SMILES string of the molecule is NC(=O)S.[K]. The Labute approximate surface area is 78.3 Å². The molecule has 0 aliphatic carbocycles. The molecule has 0 bridgehead atoms. The van der Waals surface area contributed by atoms with Crippen LogP contribution in [0.3, 0.4) is 0 Å². The molecule has 2 N–H and O–H groups in total. The fraction of sp³-hybridized carbons (Fsp3) is 0. The zero-order valence-electron chi connectivity index (χ0n) is 2.93. The summed E-state index contributed by atoms with van der Waals surface area (Å²) in [6, 6.07) is 0. The summed E-state index contributed by atoms with van der Waals surface area (Å²) in [5, 5.41) is -0.639. The average Bonchev–Trinajstić information content (AvgIpc) is 0.811. The monoisotopic (exact) mass is 116 g/mol.